The van der Waals surface area contributed by atoms with Crippen LogP contribution in [0.15, 0.2) is 28.9 Å². The Morgan fingerprint density at radius 3 is 3.15 bits per heavy atom. The van der Waals surface area contributed by atoms with Crippen LogP contribution in [0.25, 0.3) is 5.52 Å². The molecule has 0 amide bonds. The molecule has 4 heteroatoms. The number of hydrogen-bond acceptors (Lipinski definition) is 2. The van der Waals surface area contributed by atoms with Crippen LogP contribution in [0.2, 0.25) is 0 Å². The molecule has 68 valence electrons. The van der Waals surface area contributed by atoms with Crippen LogP contribution in [0, 0.1) is 0 Å². The second-order valence-corrected chi connectivity index (χ2v) is 3.71. The maximum atomic E-state index is 4.39. The van der Waals surface area contributed by atoms with Crippen LogP contribution in [0.3, 0.4) is 0 Å². The number of aromatic nitrogens is 2. The number of pyridine rings is 1. The minimum absolute atomic E-state index is 0.800. The van der Waals surface area contributed by atoms with Gasteiger partial charge in [-0.3, -0.25) is 0 Å². The van der Waals surface area contributed by atoms with Crippen LogP contribution in [-0.2, 0) is 6.54 Å². The van der Waals surface area contributed by atoms with Crippen molar-refractivity contribution in [1.29, 1.82) is 0 Å². The predicted molar refractivity (Wildman–Crippen MR) is 55.7 cm³/mol. The fourth-order valence-corrected chi connectivity index (χ4v) is 1.75. The highest BCUT2D eigenvalue weighted by atomic mass is 79.9. The Morgan fingerprint density at radius 1 is 1.62 bits per heavy atom. The van der Waals surface area contributed by atoms with Gasteiger partial charge in [-0.25, -0.2) is 4.52 Å². The molecule has 0 radical (unpaired) electrons. The van der Waals surface area contributed by atoms with Crippen molar-refractivity contribution in [3.05, 3.63) is 34.6 Å². The van der Waals surface area contributed by atoms with Crippen molar-refractivity contribution >= 4 is 21.4 Å². The Morgan fingerprint density at radius 2 is 2.46 bits per heavy atom. The summed E-state index contributed by atoms with van der Waals surface area (Å²) < 4.78 is 2.95. The number of fused-ring (bicyclic) bond motifs is 1. The van der Waals surface area contributed by atoms with E-state index in [4.69, 9.17) is 0 Å². The molecular weight excluding hydrogens is 230 g/mol. The van der Waals surface area contributed by atoms with Gasteiger partial charge in [0.25, 0.3) is 0 Å². The van der Waals surface area contributed by atoms with Crippen LogP contribution >= 0.6 is 15.9 Å². The molecule has 0 saturated carbocycles. The first-order chi connectivity index (χ1) is 6.31. The van der Waals surface area contributed by atoms with Gasteiger partial charge in [0, 0.05) is 17.2 Å². The van der Waals surface area contributed by atoms with Crippen molar-refractivity contribution in [3.8, 4) is 0 Å². The topological polar surface area (TPSA) is 29.3 Å². The molecule has 0 spiro atoms. The number of halogens is 1. The fourth-order valence-electron chi connectivity index (χ4n) is 1.30. The molecule has 0 saturated heterocycles. The van der Waals surface area contributed by atoms with Crippen molar-refractivity contribution in [2.24, 2.45) is 0 Å². The number of nitrogens with zero attached hydrogens (tertiary/aromatic N) is 2. The third-order valence-corrected chi connectivity index (χ3v) is 2.53. The molecule has 0 aliphatic heterocycles. The molecule has 0 aliphatic rings. The lowest BCUT2D eigenvalue weighted by Gasteiger charge is -1.92. The van der Waals surface area contributed by atoms with E-state index in [1.165, 1.54) is 0 Å². The Bertz CT molecular complexity index is 422. The fraction of sp³-hybridized carbons (Fsp3) is 0.222. The van der Waals surface area contributed by atoms with Crippen LogP contribution in [0.5, 0.6) is 0 Å². The van der Waals surface area contributed by atoms with Gasteiger partial charge in [-0.1, -0.05) is 0 Å². The average molecular weight is 240 g/mol. The van der Waals surface area contributed by atoms with E-state index in [9.17, 15) is 0 Å². The van der Waals surface area contributed by atoms with Gasteiger partial charge in [0.15, 0.2) is 0 Å². The van der Waals surface area contributed by atoms with E-state index in [0.29, 0.717) is 0 Å². The van der Waals surface area contributed by atoms with E-state index >= 15 is 0 Å². The molecule has 1 N–H and O–H groups in total. The zero-order valence-corrected chi connectivity index (χ0v) is 8.87. The van der Waals surface area contributed by atoms with Crippen LogP contribution < -0.4 is 5.32 Å². The second kappa shape index (κ2) is 3.47. The highest BCUT2D eigenvalue weighted by molar-refractivity contribution is 9.10. The summed E-state index contributed by atoms with van der Waals surface area (Å²) in [5.74, 6) is 0. The molecule has 0 fully saturated rings. The summed E-state index contributed by atoms with van der Waals surface area (Å²) in [6, 6.07) is 6.05. The predicted octanol–water partition coefficient (Wildman–Crippen LogP) is 1.82. The van der Waals surface area contributed by atoms with E-state index in [1.54, 1.807) is 0 Å². The van der Waals surface area contributed by atoms with Crippen LogP contribution in [0.1, 0.15) is 5.69 Å². The molecule has 0 aliphatic carbocycles. The van der Waals surface area contributed by atoms with E-state index in [-0.39, 0.29) is 0 Å². The Hall–Kier alpha value is -0.870. The summed E-state index contributed by atoms with van der Waals surface area (Å²) in [4.78, 5) is 0. The average Bonchev–Trinajstić information content (AvgIpc) is 2.49. The van der Waals surface area contributed by atoms with Crippen molar-refractivity contribution in [3.63, 3.8) is 0 Å². The molecule has 2 heterocycles. The molecule has 0 bridgehead atoms. The van der Waals surface area contributed by atoms with Gasteiger partial charge in [0.1, 0.15) is 0 Å². The minimum atomic E-state index is 0.800. The highest BCUT2D eigenvalue weighted by Gasteiger charge is 2.02. The lowest BCUT2D eigenvalue weighted by atomic mass is 10.3. The maximum absolute atomic E-state index is 4.39. The molecule has 2 rings (SSSR count). The molecule has 0 unspecified atom stereocenters. The van der Waals surface area contributed by atoms with Crippen molar-refractivity contribution in [1.82, 2.24) is 14.9 Å². The van der Waals surface area contributed by atoms with Gasteiger partial charge < -0.3 is 5.32 Å². The minimum Gasteiger partial charge on any atom is -0.314 e. The quantitative estimate of drug-likeness (QED) is 0.867. The van der Waals surface area contributed by atoms with Gasteiger partial charge in [-0.2, -0.15) is 5.10 Å². The summed E-state index contributed by atoms with van der Waals surface area (Å²) >= 11 is 3.48. The smallest absolute Gasteiger partial charge is 0.0806 e. The van der Waals surface area contributed by atoms with Gasteiger partial charge in [-0.05, 0) is 41.2 Å². The lowest BCUT2D eigenvalue weighted by molar-refractivity contribution is 0.770. The first-order valence-corrected chi connectivity index (χ1v) is 4.88. The Labute approximate surface area is 84.9 Å². The third kappa shape index (κ3) is 1.59. The van der Waals surface area contributed by atoms with E-state index < -0.39 is 0 Å². The second-order valence-electron chi connectivity index (χ2n) is 2.85. The summed E-state index contributed by atoms with van der Waals surface area (Å²) in [6.07, 6.45) is 1.94. The number of nitrogens with one attached hydrogen (secondary N) is 1. The molecule has 2 aromatic heterocycles. The monoisotopic (exact) mass is 239 g/mol. The Kier molecular flexibility index (Phi) is 2.33. The summed E-state index contributed by atoms with van der Waals surface area (Å²) in [7, 11) is 1.92. The van der Waals surface area contributed by atoms with Crippen molar-refractivity contribution in [2.45, 2.75) is 6.54 Å². The number of hydrogen-bond donors (Lipinski definition) is 1. The normalized spacial score (nSPS) is 10.9. The van der Waals surface area contributed by atoms with Crippen molar-refractivity contribution in [2.75, 3.05) is 7.05 Å². The highest BCUT2D eigenvalue weighted by Crippen LogP contribution is 2.17. The molecule has 3 nitrogen and oxygen atoms in total. The summed E-state index contributed by atoms with van der Waals surface area (Å²) in [5, 5.41) is 7.46. The van der Waals surface area contributed by atoms with Gasteiger partial charge in [0.2, 0.25) is 0 Å². The molecular formula is C9H10BrN3. The van der Waals surface area contributed by atoms with E-state index in [0.717, 1.165) is 22.2 Å². The first kappa shape index (κ1) is 8.72. The largest absolute Gasteiger partial charge is 0.314 e. The summed E-state index contributed by atoms with van der Waals surface area (Å²) in [6.45, 7) is 0.800. The molecule has 13 heavy (non-hydrogen) atoms. The number of rotatable bonds is 2. The maximum Gasteiger partial charge on any atom is 0.0806 e. The first-order valence-electron chi connectivity index (χ1n) is 4.08. The Balaban J connectivity index is 2.55. The van der Waals surface area contributed by atoms with Gasteiger partial charge in [0.05, 0.1) is 11.2 Å². The molecule has 0 aromatic carbocycles. The van der Waals surface area contributed by atoms with Gasteiger partial charge in [-0.15, -0.1) is 0 Å². The van der Waals surface area contributed by atoms with Crippen LogP contribution in [0.4, 0.5) is 0 Å². The summed E-state index contributed by atoms with van der Waals surface area (Å²) in [5.41, 5.74) is 2.15. The lowest BCUT2D eigenvalue weighted by Crippen LogP contribution is -2.05. The van der Waals surface area contributed by atoms with Gasteiger partial charge >= 0.3 is 0 Å². The zero-order valence-electron chi connectivity index (χ0n) is 7.29. The molecule has 0 atom stereocenters. The van der Waals surface area contributed by atoms with Crippen molar-refractivity contribution < 1.29 is 0 Å². The SMILES string of the molecule is CNCc1cc2c(Br)cccn2n1. The van der Waals surface area contributed by atoms with E-state index in [1.807, 2.05) is 29.9 Å². The standard InChI is InChI=1S/C9H10BrN3/c1-11-6-7-5-9-8(10)3-2-4-13(9)12-7/h2-5,11H,6H2,1H3. The zero-order chi connectivity index (χ0) is 9.26. The third-order valence-electron chi connectivity index (χ3n) is 1.86. The van der Waals surface area contributed by atoms with Crippen LogP contribution in [-0.4, -0.2) is 16.7 Å². The van der Waals surface area contributed by atoms with E-state index in [2.05, 4.69) is 32.4 Å². The molecule has 2 aromatic rings.